The van der Waals surface area contributed by atoms with Crippen molar-refractivity contribution in [3.05, 3.63) is 59.1 Å². The first kappa shape index (κ1) is 15.3. The molecule has 0 aromatic heterocycles. The minimum absolute atomic E-state index is 0.173. The Kier molecular flexibility index (Phi) is 4.12. The molecule has 1 unspecified atom stereocenters. The molecule has 6 heteroatoms. The van der Waals surface area contributed by atoms with Gasteiger partial charge in [-0.15, -0.1) is 0 Å². The molecule has 4 nitrogen and oxygen atoms in total. The van der Waals surface area contributed by atoms with Crippen molar-refractivity contribution in [2.45, 2.75) is 23.8 Å². The summed E-state index contributed by atoms with van der Waals surface area (Å²) in [5, 5.41) is 10.1. The van der Waals surface area contributed by atoms with Gasteiger partial charge in [0, 0.05) is 5.02 Å². The topological polar surface area (TPSA) is 57.6 Å². The van der Waals surface area contributed by atoms with Gasteiger partial charge in [0.2, 0.25) is 0 Å². The lowest BCUT2D eigenvalue weighted by Gasteiger charge is -2.36. The van der Waals surface area contributed by atoms with Crippen LogP contribution in [0.5, 0.6) is 0 Å². The highest BCUT2D eigenvalue weighted by Gasteiger charge is 2.35. The molecule has 3 rings (SSSR count). The van der Waals surface area contributed by atoms with Gasteiger partial charge >= 0.3 is 0 Å². The first-order chi connectivity index (χ1) is 10.5. The largest absolute Gasteiger partial charge is 0.394 e. The standard InChI is InChI=1S/C16H16ClNO3S/c17-13-6-9-15(10-7-13)22(20,21)18-14(11-19)8-5-12-3-1-2-4-16(12)18/h1-4,6-7,9-10,14,19H,5,8,11H2. The van der Waals surface area contributed by atoms with Gasteiger partial charge in [-0.2, -0.15) is 0 Å². The Bertz CT molecular complexity index is 774. The number of aliphatic hydroxyl groups excluding tert-OH is 1. The van der Waals surface area contributed by atoms with Crippen LogP contribution in [-0.2, 0) is 16.4 Å². The maximum atomic E-state index is 13.0. The van der Waals surface area contributed by atoms with Crippen LogP contribution in [0.2, 0.25) is 5.02 Å². The van der Waals surface area contributed by atoms with Gasteiger partial charge in [-0.05, 0) is 48.7 Å². The molecule has 2 aromatic carbocycles. The van der Waals surface area contributed by atoms with E-state index in [0.29, 0.717) is 17.1 Å². The highest BCUT2D eigenvalue weighted by atomic mass is 35.5. The molecule has 116 valence electrons. The van der Waals surface area contributed by atoms with Crippen LogP contribution in [0.15, 0.2) is 53.4 Å². The number of nitrogens with zero attached hydrogens (tertiary/aromatic N) is 1. The number of halogens is 1. The van der Waals surface area contributed by atoms with Crippen molar-refractivity contribution in [3.8, 4) is 0 Å². The van der Waals surface area contributed by atoms with Crippen molar-refractivity contribution in [1.82, 2.24) is 0 Å². The summed E-state index contributed by atoms with van der Waals surface area (Å²) in [6, 6.07) is 13.0. The van der Waals surface area contributed by atoms with Crippen molar-refractivity contribution in [2.75, 3.05) is 10.9 Å². The normalized spacial score (nSPS) is 18.1. The lowest BCUT2D eigenvalue weighted by atomic mass is 9.99. The summed E-state index contributed by atoms with van der Waals surface area (Å²) in [5.41, 5.74) is 1.62. The molecule has 0 spiro atoms. The molecule has 0 bridgehead atoms. The van der Waals surface area contributed by atoms with Gasteiger partial charge in [-0.1, -0.05) is 29.8 Å². The number of sulfonamides is 1. The van der Waals surface area contributed by atoms with Crippen LogP contribution < -0.4 is 4.31 Å². The Labute approximate surface area is 135 Å². The first-order valence-electron chi connectivity index (χ1n) is 7.03. The number of benzene rings is 2. The molecule has 1 N–H and O–H groups in total. The molecule has 22 heavy (non-hydrogen) atoms. The zero-order valence-corrected chi connectivity index (χ0v) is 13.4. The molecule has 0 aliphatic carbocycles. The van der Waals surface area contributed by atoms with Gasteiger partial charge < -0.3 is 5.11 Å². The number of aliphatic hydroxyl groups is 1. The molecule has 0 saturated carbocycles. The first-order valence-corrected chi connectivity index (χ1v) is 8.84. The van der Waals surface area contributed by atoms with Crippen LogP contribution >= 0.6 is 11.6 Å². The van der Waals surface area contributed by atoms with E-state index in [1.54, 1.807) is 18.2 Å². The summed E-state index contributed by atoms with van der Waals surface area (Å²) in [6.45, 7) is -0.207. The van der Waals surface area contributed by atoms with Crippen molar-refractivity contribution in [3.63, 3.8) is 0 Å². The molecule has 1 atom stereocenters. The van der Waals surface area contributed by atoms with Gasteiger partial charge in [0.1, 0.15) is 0 Å². The third kappa shape index (κ3) is 2.60. The highest BCUT2D eigenvalue weighted by molar-refractivity contribution is 7.92. The second kappa shape index (κ2) is 5.91. The van der Waals surface area contributed by atoms with E-state index in [2.05, 4.69) is 0 Å². The van der Waals surface area contributed by atoms with Crippen LogP contribution in [0.4, 0.5) is 5.69 Å². The molecule has 0 amide bonds. The second-order valence-corrected chi connectivity index (χ2v) is 7.51. The Morgan fingerprint density at radius 2 is 1.82 bits per heavy atom. The van der Waals surface area contributed by atoms with Crippen molar-refractivity contribution in [1.29, 1.82) is 0 Å². The fourth-order valence-corrected chi connectivity index (χ4v) is 4.62. The van der Waals surface area contributed by atoms with E-state index >= 15 is 0 Å². The Hall–Kier alpha value is -1.56. The average molecular weight is 338 g/mol. The van der Waals surface area contributed by atoms with Crippen LogP contribution in [0.25, 0.3) is 0 Å². The van der Waals surface area contributed by atoms with E-state index in [0.717, 1.165) is 12.0 Å². The molecular formula is C16H16ClNO3S. The van der Waals surface area contributed by atoms with Gasteiger partial charge in [0.25, 0.3) is 10.0 Å². The predicted octanol–water partition coefficient (Wildman–Crippen LogP) is 2.84. The van der Waals surface area contributed by atoms with Gasteiger partial charge in [0.05, 0.1) is 23.2 Å². The van der Waals surface area contributed by atoms with Crippen LogP contribution in [-0.4, -0.2) is 26.2 Å². The summed E-state index contributed by atoms with van der Waals surface area (Å²) >= 11 is 5.84. The Morgan fingerprint density at radius 1 is 1.14 bits per heavy atom. The lowest BCUT2D eigenvalue weighted by molar-refractivity contribution is 0.258. The monoisotopic (exact) mass is 337 g/mol. The van der Waals surface area contributed by atoms with E-state index in [-0.39, 0.29) is 11.5 Å². The van der Waals surface area contributed by atoms with E-state index < -0.39 is 16.1 Å². The van der Waals surface area contributed by atoms with E-state index in [9.17, 15) is 13.5 Å². The number of aryl methyl sites for hydroxylation is 1. The maximum absolute atomic E-state index is 13.0. The summed E-state index contributed by atoms with van der Waals surface area (Å²) in [7, 11) is -3.74. The quantitative estimate of drug-likeness (QED) is 0.937. The highest BCUT2D eigenvalue weighted by Crippen LogP contribution is 2.35. The summed E-state index contributed by atoms with van der Waals surface area (Å²) in [5.74, 6) is 0. The van der Waals surface area contributed by atoms with Crippen molar-refractivity contribution in [2.24, 2.45) is 0 Å². The van der Waals surface area contributed by atoms with Crippen molar-refractivity contribution >= 4 is 27.3 Å². The number of para-hydroxylation sites is 1. The third-order valence-corrected chi connectivity index (χ3v) is 6.02. The minimum atomic E-state index is -3.74. The third-order valence-electron chi connectivity index (χ3n) is 3.89. The van der Waals surface area contributed by atoms with Crippen LogP contribution in [0.1, 0.15) is 12.0 Å². The molecule has 0 radical (unpaired) electrons. The molecule has 1 aliphatic heterocycles. The molecular weight excluding hydrogens is 322 g/mol. The number of anilines is 1. The van der Waals surface area contributed by atoms with Gasteiger partial charge in [-0.25, -0.2) is 8.42 Å². The Balaban J connectivity index is 2.13. The number of rotatable bonds is 3. The average Bonchev–Trinajstić information content (AvgIpc) is 2.54. The van der Waals surface area contributed by atoms with Crippen LogP contribution in [0.3, 0.4) is 0 Å². The smallest absolute Gasteiger partial charge is 0.264 e. The summed E-state index contributed by atoms with van der Waals surface area (Å²) in [6.07, 6.45) is 1.36. The summed E-state index contributed by atoms with van der Waals surface area (Å²) in [4.78, 5) is 0.173. The predicted molar refractivity (Wildman–Crippen MR) is 86.8 cm³/mol. The van der Waals surface area contributed by atoms with Gasteiger partial charge in [-0.3, -0.25) is 4.31 Å². The fraction of sp³-hybridized carbons (Fsp3) is 0.250. The zero-order valence-electron chi connectivity index (χ0n) is 11.8. The van der Waals surface area contributed by atoms with Crippen molar-refractivity contribution < 1.29 is 13.5 Å². The number of hydrogen-bond acceptors (Lipinski definition) is 3. The molecule has 1 aliphatic rings. The molecule has 0 fully saturated rings. The van der Waals surface area contributed by atoms with E-state index in [1.165, 1.54) is 16.4 Å². The molecule has 0 saturated heterocycles. The summed E-state index contributed by atoms with van der Waals surface area (Å²) < 4.78 is 27.3. The zero-order chi connectivity index (χ0) is 15.7. The molecule has 1 heterocycles. The molecule has 2 aromatic rings. The minimum Gasteiger partial charge on any atom is -0.394 e. The lowest BCUT2D eigenvalue weighted by Crippen LogP contribution is -2.45. The van der Waals surface area contributed by atoms with Crippen LogP contribution in [0, 0.1) is 0 Å². The Morgan fingerprint density at radius 3 is 2.50 bits per heavy atom. The van der Waals surface area contributed by atoms with E-state index in [1.807, 2.05) is 18.2 Å². The second-order valence-electron chi connectivity index (χ2n) is 5.26. The number of hydrogen-bond donors (Lipinski definition) is 1. The maximum Gasteiger partial charge on any atom is 0.264 e. The SMILES string of the molecule is O=S(=O)(c1ccc(Cl)cc1)N1c2ccccc2CCC1CO. The van der Waals surface area contributed by atoms with Gasteiger partial charge in [0.15, 0.2) is 0 Å². The van der Waals surface area contributed by atoms with E-state index in [4.69, 9.17) is 11.6 Å². The fourth-order valence-electron chi connectivity index (χ4n) is 2.78. The number of fused-ring (bicyclic) bond motifs is 1.